The van der Waals surface area contributed by atoms with E-state index in [1.54, 1.807) is 26.0 Å². The average Bonchev–Trinajstić information content (AvgIpc) is 3.06. The fourth-order valence-electron chi connectivity index (χ4n) is 4.17. The average molecular weight is 843 g/mol. The molecule has 8 unspecified atom stereocenters. The van der Waals surface area contributed by atoms with Crippen molar-refractivity contribution in [3.05, 3.63) is 25.3 Å². The van der Waals surface area contributed by atoms with E-state index in [-0.39, 0.29) is 90.5 Å². The van der Waals surface area contributed by atoms with Gasteiger partial charge in [-0.3, -0.25) is 0 Å². The van der Waals surface area contributed by atoms with Crippen molar-refractivity contribution in [1.29, 1.82) is 0 Å². The molecule has 2 aliphatic rings. The van der Waals surface area contributed by atoms with Crippen LogP contribution in [0.5, 0.6) is 0 Å². The van der Waals surface area contributed by atoms with Crippen molar-refractivity contribution in [2.24, 2.45) is 11.8 Å². The zero-order valence-corrected chi connectivity index (χ0v) is 35.5. The molecule has 0 aliphatic heterocycles. The molecule has 0 aromatic heterocycles. The zero-order chi connectivity index (χ0) is 35.7. The first-order chi connectivity index (χ1) is 21.9. The van der Waals surface area contributed by atoms with Crippen molar-refractivity contribution in [3.63, 3.8) is 0 Å². The molecule has 16 heteroatoms. The fraction of sp³-hybridized carbons (Fsp3) is 0.750. The standard InChI is InChI=1S/2C14H22O7.2C2H6.2Y/c1-4-10-5-6-12(11(15)7-10)21-14(17)20-9(2)8-19-13(16)18-3;1-4-10-5-6-11(15)12(7-10)21-14(17)20-9(2)8-19-13(16)18-3;2*1-2;;/h2*4,9-12,15H,1,5-8H2,2-3H3;2*1-2H3;;. The number of hydrogen-bond donors (Lipinski definition) is 2. The summed E-state index contributed by atoms with van der Waals surface area (Å²) in [6.45, 7) is 18.2. The number of ether oxygens (including phenoxy) is 8. The molecule has 0 bridgehead atoms. The van der Waals surface area contributed by atoms with Crippen molar-refractivity contribution < 1.29 is 133 Å². The van der Waals surface area contributed by atoms with Crippen molar-refractivity contribution in [2.75, 3.05) is 27.4 Å². The Labute approximate surface area is 336 Å². The first kappa shape index (κ1) is 53.5. The maximum absolute atomic E-state index is 11.6. The summed E-state index contributed by atoms with van der Waals surface area (Å²) in [5, 5.41) is 19.7. The van der Waals surface area contributed by atoms with Crippen LogP contribution in [0.1, 0.15) is 80.1 Å². The van der Waals surface area contributed by atoms with Gasteiger partial charge in [-0.1, -0.05) is 39.8 Å². The van der Waals surface area contributed by atoms with Crippen LogP contribution in [0.25, 0.3) is 0 Å². The number of carbonyl (C=O) groups excluding carboxylic acids is 4. The summed E-state index contributed by atoms with van der Waals surface area (Å²) in [6, 6.07) is 0. The monoisotopic (exact) mass is 842 g/mol. The number of methoxy groups -OCH3 is 2. The zero-order valence-electron chi connectivity index (χ0n) is 29.8. The van der Waals surface area contributed by atoms with Crippen LogP contribution in [0.3, 0.4) is 0 Å². The summed E-state index contributed by atoms with van der Waals surface area (Å²) in [6.07, 6.45) is -0.0887. The van der Waals surface area contributed by atoms with Gasteiger partial charge in [-0.15, -0.1) is 13.2 Å². The first-order valence-electron chi connectivity index (χ1n) is 15.7. The summed E-state index contributed by atoms with van der Waals surface area (Å²) in [7, 11) is 2.37. The molecule has 2 saturated carbocycles. The second-order valence-corrected chi connectivity index (χ2v) is 9.95. The van der Waals surface area contributed by atoms with Gasteiger partial charge in [0.05, 0.1) is 26.4 Å². The topological polar surface area (TPSA) is 183 Å². The van der Waals surface area contributed by atoms with Crippen molar-refractivity contribution in [1.82, 2.24) is 0 Å². The Balaban J connectivity index is -0.000000352. The maximum Gasteiger partial charge on any atom is 0.509 e. The van der Waals surface area contributed by atoms with Crippen LogP contribution in [0.15, 0.2) is 25.3 Å². The van der Waals surface area contributed by atoms with E-state index in [2.05, 4.69) is 32.1 Å². The molecule has 2 fully saturated rings. The van der Waals surface area contributed by atoms with Crippen LogP contribution in [0, 0.1) is 11.8 Å². The quantitative estimate of drug-likeness (QED) is 0.146. The molecule has 2 rings (SSSR count). The minimum absolute atomic E-state index is 0. The van der Waals surface area contributed by atoms with Gasteiger partial charge in [-0.05, 0) is 64.2 Å². The van der Waals surface area contributed by atoms with Crippen LogP contribution in [0.4, 0.5) is 19.2 Å². The fourth-order valence-corrected chi connectivity index (χ4v) is 4.17. The summed E-state index contributed by atoms with van der Waals surface area (Å²) in [5.74, 6) is 0.453. The van der Waals surface area contributed by atoms with E-state index in [0.717, 1.165) is 12.8 Å². The van der Waals surface area contributed by atoms with Crippen LogP contribution in [-0.2, 0) is 103 Å². The molecule has 2 radical (unpaired) electrons. The van der Waals surface area contributed by atoms with Gasteiger partial charge >= 0.3 is 24.6 Å². The Morgan fingerprint density at radius 3 is 1.44 bits per heavy atom. The third kappa shape index (κ3) is 24.8. The van der Waals surface area contributed by atoms with Gasteiger partial charge in [0.2, 0.25) is 0 Å². The van der Waals surface area contributed by atoms with Crippen LogP contribution in [-0.4, -0.2) is 98.9 Å². The van der Waals surface area contributed by atoms with Crippen molar-refractivity contribution in [2.45, 2.75) is 117 Å². The van der Waals surface area contributed by atoms with Gasteiger partial charge in [0.1, 0.15) is 37.6 Å². The van der Waals surface area contributed by atoms with Gasteiger partial charge in [0.15, 0.2) is 0 Å². The minimum Gasteiger partial charge on any atom is -0.438 e. The number of rotatable bonds is 10. The SMILES string of the molecule is C=CC1CCC(O)C(OC(=O)OC(C)COC(=O)OC)C1.C=CC1CCC(OC(=O)OC(C)COC(=O)OC)C(O)C1.CC.CC.[Y].[Y]. The molecule has 274 valence electrons. The third-order valence-electron chi connectivity index (χ3n) is 6.55. The van der Waals surface area contributed by atoms with E-state index >= 15 is 0 Å². The minimum atomic E-state index is -0.898. The van der Waals surface area contributed by atoms with E-state index in [9.17, 15) is 29.4 Å². The predicted molar refractivity (Wildman–Crippen MR) is 168 cm³/mol. The van der Waals surface area contributed by atoms with Crippen LogP contribution in [0.2, 0.25) is 0 Å². The summed E-state index contributed by atoms with van der Waals surface area (Å²) in [4.78, 5) is 44.7. The van der Waals surface area contributed by atoms with E-state index in [1.807, 2.05) is 27.7 Å². The molecule has 0 amide bonds. The number of aliphatic hydroxyl groups is 2. The van der Waals surface area contributed by atoms with Crippen LogP contribution < -0.4 is 0 Å². The molecule has 0 saturated heterocycles. The molecule has 0 aromatic carbocycles. The Kier molecular flexibility index (Phi) is 36.6. The molecule has 2 N–H and O–H groups in total. The van der Waals surface area contributed by atoms with Gasteiger partial charge in [0.25, 0.3) is 0 Å². The molecular weight excluding hydrogens is 786 g/mol. The van der Waals surface area contributed by atoms with Crippen molar-refractivity contribution >= 4 is 24.6 Å². The normalized spacial score (nSPS) is 23.3. The van der Waals surface area contributed by atoms with E-state index < -0.39 is 61.2 Å². The third-order valence-corrected chi connectivity index (χ3v) is 6.55. The van der Waals surface area contributed by atoms with E-state index in [1.165, 1.54) is 14.2 Å². The predicted octanol–water partition coefficient (Wildman–Crippen LogP) is 6.10. The molecule has 8 atom stereocenters. The van der Waals surface area contributed by atoms with E-state index in [0.29, 0.717) is 25.7 Å². The summed E-state index contributed by atoms with van der Waals surface area (Å²) < 4.78 is 37.9. The summed E-state index contributed by atoms with van der Waals surface area (Å²) >= 11 is 0. The second kappa shape index (κ2) is 32.9. The second-order valence-electron chi connectivity index (χ2n) is 9.95. The molecular formula is C32H56O14Y2. The van der Waals surface area contributed by atoms with Gasteiger partial charge in [-0.2, -0.15) is 0 Å². The number of aliphatic hydroxyl groups excluding tert-OH is 2. The first-order valence-corrected chi connectivity index (χ1v) is 15.7. The summed E-state index contributed by atoms with van der Waals surface area (Å²) in [5.41, 5.74) is 0. The maximum atomic E-state index is 11.6. The number of hydrogen-bond acceptors (Lipinski definition) is 14. The van der Waals surface area contributed by atoms with Gasteiger partial charge < -0.3 is 48.1 Å². The Hall–Kier alpha value is -1.31. The Bertz CT molecular complexity index is 891. The van der Waals surface area contributed by atoms with Gasteiger partial charge in [-0.25, -0.2) is 19.2 Å². The number of allylic oxidation sites excluding steroid dienone is 2. The number of carbonyl (C=O) groups is 4. The Morgan fingerprint density at radius 2 is 1.04 bits per heavy atom. The molecule has 2 aliphatic carbocycles. The molecule has 48 heavy (non-hydrogen) atoms. The van der Waals surface area contributed by atoms with Gasteiger partial charge in [0, 0.05) is 65.4 Å². The van der Waals surface area contributed by atoms with E-state index in [4.69, 9.17) is 18.9 Å². The molecule has 0 aromatic rings. The molecule has 0 spiro atoms. The Morgan fingerprint density at radius 1 is 0.646 bits per heavy atom. The smallest absolute Gasteiger partial charge is 0.438 e. The van der Waals surface area contributed by atoms with Crippen LogP contribution >= 0.6 is 0 Å². The largest absolute Gasteiger partial charge is 0.509 e. The van der Waals surface area contributed by atoms with Crippen molar-refractivity contribution in [3.8, 4) is 0 Å². The molecule has 14 nitrogen and oxygen atoms in total. The molecule has 0 heterocycles.